The number of nitrogens with one attached hydrogen (secondary N) is 1. The highest BCUT2D eigenvalue weighted by Crippen LogP contribution is 2.43. The Kier molecular flexibility index (Phi) is 6.61. The molecule has 8 heteroatoms. The Hall–Kier alpha value is -3.78. The summed E-state index contributed by atoms with van der Waals surface area (Å²) in [7, 11) is 4.86. The van der Waals surface area contributed by atoms with Gasteiger partial charge in [0.2, 0.25) is 5.91 Å². The van der Waals surface area contributed by atoms with Gasteiger partial charge in [0.25, 0.3) is 0 Å². The minimum Gasteiger partial charge on any atom is -0.497 e. The number of carbonyl (C=O) groups excluding carboxylic acids is 1. The molecule has 0 spiro atoms. The predicted octanol–water partition coefficient (Wildman–Crippen LogP) is 6.24. The molecule has 0 atom stereocenters. The monoisotopic (exact) mass is 478 g/mol. The van der Waals surface area contributed by atoms with E-state index in [9.17, 15) is 4.79 Å². The molecule has 0 aliphatic carbocycles. The maximum absolute atomic E-state index is 12.6. The molecule has 1 N–H and O–H groups in total. The number of rotatable bonds is 7. The number of aryl methyl sites for hydroxylation is 2. The van der Waals surface area contributed by atoms with E-state index in [-0.39, 0.29) is 5.91 Å². The molecular formula is C26H26N2O5S. The average Bonchev–Trinajstić information content (AvgIpc) is 3.44. The Morgan fingerprint density at radius 3 is 2.53 bits per heavy atom. The van der Waals surface area contributed by atoms with Gasteiger partial charge in [0, 0.05) is 39.1 Å². The number of fused-ring (bicyclic) bond motifs is 1. The molecule has 2 aromatic carbocycles. The van der Waals surface area contributed by atoms with Crippen LogP contribution in [0.5, 0.6) is 17.2 Å². The van der Waals surface area contributed by atoms with Crippen LogP contribution >= 0.6 is 11.3 Å². The second kappa shape index (κ2) is 9.61. The van der Waals surface area contributed by atoms with Gasteiger partial charge in [-0.3, -0.25) is 10.1 Å². The van der Waals surface area contributed by atoms with Gasteiger partial charge in [-0.2, -0.15) is 0 Å². The molecule has 2 heterocycles. The van der Waals surface area contributed by atoms with Crippen molar-refractivity contribution < 1.29 is 23.4 Å². The lowest BCUT2D eigenvalue weighted by Gasteiger charge is -2.14. The van der Waals surface area contributed by atoms with Crippen molar-refractivity contribution in [1.29, 1.82) is 0 Å². The second-order valence-corrected chi connectivity index (χ2v) is 8.64. The number of hydrogen-bond donors (Lipinski definition) is 1. The SMILES string of the molecule is COc1ccc(OC)c(-c2coc3c(C)c(OC)c(/C(C)=C/C(=O)Nc4nc(C)cs4)cc23)c1. The largest absolute Gasteiger partial charge is 0.497 e. The maximum atomic E-state index is 12.6. The molecule has 0 aliphatic rings. The Morgan fingerprint density at radius 1 is 1.09 bits per heavy atom. The van der Waals surface area contributed by atoms with Gasteiger partial charge in [0.05, 0.1) is 33.3 Å². The number of nitrogens with zero attached hydrogens (tertiary/aromatic N) is 1. The zero-order valence-corrected chi connectivity index (χ0v) is 20.8. The first-order chi connectivity index (χ1) is 16.4. The van der Waals surface area contributed by atoms with Crippen molar-refractivity contribution in [2.45, 2.75) is 20.8 Å². The van der Waals surface area contributed by atoms with E-state index < -0.39 is 0 Å². The van der Waals surface area contributed by atoms with E-state index in [1.807, 2.05) is 50.4 Å². The number of methoxy groups -OCH3 is 3. The van der Waals surface area contributed by atoms with Gasteiger partial charge >= 0.3 is 0 Å². The topological polar surface area (TPSA) is 82.8 Å². The molecule has 0 saturated heterocycles. The van der Waals surface area contributed by atoms with E-state index in [2.05, 4.69) is 10.3 Å². The fourth-order valence-corrected chi connectivity index (χ4v) is 4.62. The number of furan rings is 1. The number of thiazole rings is 1. The third-order valence-electron chi connectivity index (χ3n) is 5.57. The molecule has 4 rings (SSSR count). The van der Waals surface area contributed by atoms with Crippen molar-refractivity contribution in [3.63, 3.8) is 0 Å². The summed E-state index contributed by atoms with van der Waals surface area (Å²) in [5, 5.41) is 6.14. The summed E-state index contributed by atoms with van der Waals surface area (Å²) in [5.41, 5.74) is 5.65. The van der Waals surface area contributed by atoms with Gasteiger partial charge in [0.1, 0.15) is 22.8 Å². The zero-order chi connectivity index (χ0) is 24.4. The Bertz CT molecular complexity index is 1400. The first-order valence-corrected chi connectivity index (χ1v) is 11.5. The summed E-state index contributed by atoms with van der Waals surface area (Å²) in [6, 6.07) is 7.60. The van der Waals surface area contributed by atoms with Crippen molar-refractivity contribution in [3.8, 4) is 28.4 Å². The first kappa shape index (κ1) is 23.4. The van der Waals surface area contributed by atoms with Crippen LogP contribution in [0.15, 0.2) is 46.4 Å². The van der Waals surface area contributed by atoms with E-state index in [1.54, 1.807) is 33.7 Å². The average molecular weight is 479 g/mol. The molecule has 0 saturated carbocycles. The number of benzene rings is 2. The number of aromatic nitrogens is 1. The summed E-state index contributed by atoms with van der Waals surface area (Å²) in [6.07, 6.45) is 3.25. The van der Waals surface area contributed by atoms with Crippen LogP contribution in [0.1, 0.15) is 23.7 Å². The third kappa shape index (κ3) is 4.36. The summed E-state index contributed by atoms with van der Waals surface area (Å²) in [5.74, 6) is 1.80. The molecule has 7 nitrogen and oxygen atoms in total. The van der Waals surface area contributed by atoms with Gasteiger partial charge in [-0.1, -0.05) is 0 Å². The molecule has 0 unspecified atom stereocenters. The summed E-state index contributed by atoms with van der Waals surface area (Å²) in [4.78, 5) is 16.9. The second-order valence-electron chi connectivity index (χ2n) is 7.79. The summed E-state index contributed by atoms with van der Waals surface area (Å²) >= 11 is 1.39. The number of anilines is 1. The summed E-state index contributed by atoms with van der Waals surface area (Å²) in [6.45, 7) is 5.70. The number of allylic oxidation sites excluding steroid dienone is 1. The highest BCUT2D eigenvalue weighted by Gasteiger charge is 2.21. The fourth-order valence-electron chi connectivity index (χ4n) is 3.93. The van der Waals surface area contributed by atoms with E-state index in [1.165, 1.54) is 11.3 Å². The minimum atomic E-state index is -0.256. The fraction of sp³-hybridized carbons (Fsp3) is 0.231. The van der Waals surface area contributed by atoms with E-state index in [0.717, 1.165) is 38.9 Å². The van der Waals surface area contributed by atoms with Crippen LogP contribution in [0.4, 0.5) is 5.13 Å². The van der Waals surface area contributed by atoms with Crippen LogP contribution < -0.4 is 19.5 Å². The number of hydrogen-bond acceptors (Lipinski definition) is 7. The molecule has 0 fully saturated rings. The van der Waals surface area contributed by atoms with Crippen LogP contribution in [0, 0.1) is 13.8 Å². The summed E-state index contributed by atoms with van der Waals surface area (Å²) < 4.78 is 22.7. The molecular weight excluding hydrogens is 452 g/mol. The highest BCUT2D eigenvalue weighted by molar-refractivity contribution is 7.13. The quantitative estimate of drug-likeness (QED) is 0.317. The van der Waals surface area contributed by atoms with Crippen LogP contribution in [-0.4, -0.2) is 32.2 Å². The Labute approximate surface area is 202 Å². The van der Waals surface area contributed by atoms with Gasteiger partial charge in [-0.05, 0) is 50.6 Å². The van der Waals surface area contributed by atoms with Crippen molar-refractivity contribution in [3.05, 3.63) is 58.8 Å². The van der Waals surface area contributed by atoms with Crippen molar-refractivity contribution in [1.82, 2.24) is 4.98 Å². The molecule has 1 amide bonds. The van der Waals surface area contributed by atoms with Crippen molar-refractivity contribution in [2.75, 3.05) is 26.6 Å². The maximum Gasteiger partial charge on any atom is 0.250 e. The lowest BCUT2D eigenvalue weighted by atomic mass is 9.96. The lowest BCUT2D eigenvalue weighted by molar-refractivity contribution is -0.111. The number of amides is 1. The van der Waals surface area contributed by atoms with Crippen LogP contribution in [0.25, 0.3) is 27.7 Å². The smallest absolute Gasteiger partial charge is 0.250 e. The Morgan fingerprint density at radius 2 is 1.88 bits per heavy atom. The molecule has 4 aromatic rings. The van der Waals surface area contributed by atoms with Gasteiger partial charge in [0.15, 0.2) is 5.13 Å². The Balaban J connectivity index is 1.83. The number of carbonyl (C=O) groups is 1. The van der Waals surface area contributed by atoms with Crippen molar-refractivity contribution in [2.24, 2.45) is 0 Å². The molecule has 2 aromatic heterocycles. The van der Waals surface area contributed by atoms with Crippen LogP contribution in [0.3, 0.4) is 0 Å². The third-order valence-corrected chi connectivity index (χ3v) is 6.44. The van der Waals surface area contributed by atoms with Gasteiger partial charge < -0.3 is 18.6 Å². The number of ether oxygens (including phenoxy) is 3. The highest BCUT2D eigenvalue weighted by atomic mass is 32.1. The standard InChI is InChI=1S/C26H26N2O5S/c1-14(9-23(29)28-26-27-15(2)13-34-26)18-11-20-21(12-33-25(20)16(3)24(18)32-6)19-10-17(30-4)7-8-22(19)31-5/h7-13H,1-6H3,(H,27,28,29)/b14-9+. The van der Waals surface area contributed by atoms with E-state index >= 15 is 0 Å². The van der Waals surface area contributed by atoms with Crippen LogP contribution in [-0.2, 0) is 4.79 Å². The first-order valence-electron chi connectivity index (χ1n) is 10.6. The molecule has 0 aliphatic heterocycles. The van der Waals surface area contributed by atoms with Gasteiger partial charge in [-0.25, -0.2) is 4.98 Å². The predicted molar refractivity (Wildman–Crippen MR) is 135 cm³/mol. The van der Waals surface area contributed by atoms with Gasteiger partial charge in [-0.15, -0.1) is 11.3 Å². The molecule has 0 radical (unpaired) electrons. The van der Waals surface area contributed by atoms with E-state index in [4.69, 9.17) is 18.6 Å². The molecule has 176 valence electrons. The molecule has 34 heavy (non-hydrogen) atoms. The van der Waals surface area contributed by atoms with Crippen molar-refractivity contribution >= 4 is 38.9 Å². The van der Waals surface area contributed by atoms with E-state index in [0.29, 0.717) is 28.0 Å². The lowest BCUT2D eigenvalue weighted by Crippen LogP contribution is -2.08. The molecule has 0 bridgehead atoms. The normalized spacial score (nSPS) is 11.5. The minimum absolute atomic E-state index is 0.256. The van der Waals surface area contributed by atoms with Crippen LogP contribution in [0.2, 0.25) is 0 Å². The zero-order valence-electron chi connectivity index (χ0n) is 19.9.